The molecule has 0 aliphatic rings. The lowest BCUT2D eigenvalue weighted by molar-refractivity contribution is 0.0940. The normalized spacial score (nSPS) is 11.8. The minimum absolute atomic E-state index is 0.244. The molecule has 0 unspecified atom stereocenters. The van der Waals surface area contributed by atoms with E-state index in [9.17, 15) is 9.90 Å². The van der Waals surface area contributed by atoms with Gasteiger partial charge in [0.1, 0.15) is 0 Å². The fourth-order valence-corrected chi connectivity index (χ4v) is 1.98. The number of carbonyl (C=O) groups excluding carboxylic acids is 1. The highest BCUT2D eigenvalue weighted by atomic mass is 16.6. The number of benzene rings is 1. The molecule has 0 aliphatic heterocycles. The lowest BCUT2D eigenvalue weighted by atomic mass is 9.99. The summed E-state index contributed by atoms with van der Waals surface area (Å²) in [6, 6.07) is 3.91. The zero-order valence-corrected chi connectivity index (χ0v) is 11.4. The predicted molar refractivity (Wildman–Crippen MR) is 70.5 cm³/mol. The van der Waals surface area contributed by atoms with Gasteiger partial charge >= 0.3 is 0 Å². The summed E-state index contributed by atoms with van der Waals surface area (Å²) in [5.74, 6) is -0.531. The molecule has 4 nitrogen and oxygen atoms in total. The molecule has 2 N–H and O–H groups in total. The first-order valence-electron chi connectivity index (χ1n) is 5.69. The molecule has 0 heterocycles. The van der Waals surface area contributed by atoms with Gasteiger partial charge in [-0.3, -0.25) is 4.79 Å². The fourth-order valence-electron chi connectivity index (χ4n) is 1.98. The third kappa shape index (κ3) is 3.03. The number of aliphatic hydroxyl groups is 1. The van der Waals surface area contributed by atoms with Crippen LogP contribution in [0.3, 0.4) is 0 Å². The van der Waals surface area contributed by atoms with E-state index in [-0.39, 0.29) is 11.9 Å². The molecule has 0 radical (unpaired) electrons. The van der Waals surface area contributed by atoms with E-state index in [0.717, 1.165) is 16.7 Å². The summed E-state index contributed by atoms with van der Waals surface area (Å²) in [6.07, 6.45) is 0. The Morgan fingerprint density at radius 1 is 1.22 bits per heavy atom. The molecular formula is C14H19NO3. The molecule has 18 heavy (non-hydrogen) atoms. The number of hydrogen-bond donors (Lipinski definition) is 2. The van der Waals surface area contributed by atoms with Crippen molar-refractivity contribution in [1.29, 1.82) is 0 Å². The Morgan fingerprint density at radius 2 is 1.72 bits per heavy atom. The first-order valence-corrected chi connectivity index (χ1v) is 5.69. The molecule has 0 atom stereocenters. The molecule has 0 aromatic heterocycles. The van der Waals surface area contributed by atoms with E-state index in [1.165, 1.54) is 7.11 Å². The van der Waals surface area contributed by atoms with Gasteiger partial charge in [-0.2, -0.15) is 0 Å². The monoisotopic (exact) mass is 249 g/mol. The van der Waals surface area contributed by atoms with Crippen LogP contribution in [0.2, 0.25) is 0 Å². The molecule has 0 fully saturated rings. The molecule has 0 saturated carbocycles. The molecule has 1 aromatic carbocycles. The van der Waals surface area contributed by atoms with Crippen LogP contribution in [0.25, 0.3) is 0 Å². The standard InChI is InChI=1S/C14H19NO3/c1-8-6-9(2)12(10(3)7-8)13(16)15-11(4)14(17)18-5/h6-7,17H,1-5H3,(H,15,16)/b14-11-. The van der Waals surface area contributed by atoms with Gasteiger partial charge in [-0.1, -0.05) is 17.7 Å². The molecule has 0 spiro atoms. The molecule has 0 saturated heterocycles. The first-order chi connectivity index (χ1) is 8.36. The summed E-state index contributed by atoms with van der Waals surface area (Å²) in [7, 11) is 1.34. The van der Waals surface area contributed by atoms with Crippen LogP contribution in [-0.2, 0) is 4.74 Å². The maximum atomic E-state index is 12.1. The second-order valence-electron chi connectivity index (χ2n) is 4.36. The van der Waals surface area contributed by atoms with Gasteiger partial charge in [-0.05, 0) is 38.8 Å². The second kappa shape index (κ2) is 5.58. The number of allylic oxidation sites excluding steroid dienone is 1. The first kappa shape index (κ1) is 14.1. The number of rotatable bonds is 3. The Morgan fingerprint density at radius 3 is 2.17 bits per heavy atom. The van der Waals surface area contributed by atoms with Crippen molar-refractivity contribution in [1.82, 2.24) is 5.32 Å². The Hall–Kier alpha value is -1.97. The summed E-state index contributed by atoms with van der Waals surface area (Å²) in [5, 5.41) is 12.0. The molecule has 1 amide bonds. The highest BCUT2D eigenvalue weighted by molar-refractivity contribution is 5.98. The van der Waals surface area contributed by atoms with Crippen LogP contribution in [-0.4, -0.2) is 18.1 Å². The van der Waals surface area contributed by atoms with Gasteiger partial charge in [0.15, 0.2) is 0 Å². The minimum atomic E-state index is -0.286. The topological polar surface area (TPSA) is 58.6 Å². The number of nitrogens with one attached hydrogen (secondary N) is 1. The molecule has 98 valence electrons. The molecule has 1 aromatic rings. The van der Waals surface area contributed by atoms with Gasteiger partial charge in [0, 0.05) is 5.56 Å². The second-order valence-corrected chi connectivity index (χ2v) is 4.36. The quantitative estimate of drug-likeness (QED) is 0.810. The Kier molecular flexibility index (Phi) is 4.37. The SMILES string of the molecule is CO/C(O)=C(/C)NC(=O)c1c(C)cc(C)cc1C. The third-order valence-electron chi connectivity index (χ3n) is 2.72. The number of aryl methyl sites for hydroxylation is 3. The van der Waals surface area contributed by atoms with Crippen molar-refractivity contribution in [2.75, 3.05) is 7.11 Å². The number of ether oxygens (including phenoxy) is 1. The van der Waals surface area contributed by atoms with Gasteiger partial charge in [0.25, 0.3) is 11.9 Å². The van der Waals surface area contributed by atoms with Crippen LogP contribution in [0.1, 0.15) is 34.0 Å². The molecule has 0 aliphatic carbocycles. The summed E-state index contributed by atoms with van der Waals surface area (Å²) < 4.78 is 4.65. The van der Waals surface area contributed by atoms with E-state index in [4.69, 9.17) is 0 Å². The zero-order chi connectivity index (χ0) is 13.9. The number of carbonyl (C=O) groups is 1. The van der Waals surface area contributed by atoms with Crippen molar-refractivity contribution in [3.63, 3.8) is 0 Å². The van der Waals surface area contributed by atoms with E-state index in [1.807, 2.05) is 32.9 Å². The van der Waals surface area contributed by atoms with Gasteiger partial charge in [-0.25, -0.2) is 0 Å². The van der Waals surface area contributed by atoms with E-state index in [0.29, 0.717) is 11.3 Å². The summed E-state index contributed by atoms with van der Waals surface area (Å²) in [4.78, 5) is 12.1. The Bertz CT molecular complexity index is 481. The Balaban J connectivity index is 3.06. The van der Waals surface area contributed by atoms with Crippen molar-refractivity contribution in [3.05, 3.63) is 46.0 Å². The highest BCUT2D eigenvalue weighted by Crippen LogP contribution is 2.16. The van der Waals surface area contributed by atoms with Crippen LogP contribution in [0.5, 0.6) is 0 Å². The number of hydrogen-bond acceptors (Lipinski definition) is 3. The largest absolute Gasteiger partial charge is 0.480 e. The predicted octanol–water partition coefficient (Wildman–Crippen LogP) is 2.74. The van der Waals surface area contributed by atoms with Crippen LogP contribution in [0, 0.1) is 20.8 Å². The van der Waals surface area contributed by atoms with E-state index in [1.54, 1.807) is 6.92 Å². The molecule has 1 rings (SSSR count). The van der Waals surface area contributed by atoms with Crippen molar-refractivity contribution in [2.24, 2.45) is 0 Å². The van der Waals surface area contributed by atoms with E-state index >= 15 is 0 Å². The van der Waals surface area contributed by atoms with Gasteiger partial charge in [-0.15, -0.1) is 0 Å². The van der Waals surface area contributed by atoms with E-state index < -0.39 is 0 Å². The maximum absolute atomic E-state index is 12.1. The van der Waals surface area contributed by atoms with Crippen molar-refractivity contribution in [3.8, 4) is 0 Å². The highest BCUT2D eigenvalue weighted by Gasteiger charge is 2.14. The van der Waals surface area contributed by atoms with Crippen molar-refractivity contribution < 1.29 is 14.6 Å². The number of amides is 1. The molecule has 4 heteroatoms. The van der Waals surface area contributed by atoms with Gasteiger partial charge in [0.2, 0.25) is 0 Å². The minimum Gasteiger partial charge on any atom is -0.480 e. The third-order valence-corrected chi connectivity index (χ3v) is 2.72. The van der Waals surface area contributed by atoms with Crippen LogP contribution in [0.15, 0.2) is 23.8 Å². The summed E-state index contributed by atoms with van der Waals surface area (Å²) >= 11 is 0. The van der Waals surface area contributed by atoms with Crippen LogP contribution in [0.4, 0.5) is 0 Å². The van der Waals surface area contributed by atoms with Gasteiger partial charge in [0.05, 0.1) is 12.8 Å². The smallest absolute Gasteiger partial charge is 0.296 e. The van der Waals surface area contributed by atoms with Crippen molar-refractivity contribution >= 4 is 5.91 Å². The average Bonchev–Trinajstić information content (AvgIpc) is 2.26. The lowest BCUT2D eigenvalue weighted by Gasteiger charge is -2.12. The van der Waals surface area contributed by atoms with Crippen LogP contribution >= 0.6 is 0 Å². The van der Waals surface area contributed by atoms with Crippen LogP contribution < -0.4 is 5.32 Å². The summed E-state index contributed by atoms with van der Waals surface area (Å²) in [6.45, 7) is 7.35. The maximum Gasteiger partial charge on any atom is 0.296 e. The molecular weight excluding hydrogens is 230 g/mol. The molecule has 0 bridgehead atoms. The van der Waals surface area contributed by atoms with Crippen molar-refractivity contribution in [2.45, 2.75) is 27.7 Å². The lowest BCUT2D eigenvalue weighted by Crippen LogP contribution is -2.24. The van der Waals surface area contributed by atoms with Gasteiger partial charge < -0.3 is 15.2 Å². The number of methoxy groups -OCH3 is 1. The average molecular weight is 249 g/mol. The Labute approximate surface area is 107 Å². The zero-order valence-electron chi connectivity index (χ0n) is 11.4. The van der Waals surface area contributed by atoms with E-state index in [2.05, 4.69) is 10.1 Å². The number of aliphatic hydroxyl groups excluding tert-OH is 1. The fraction of sp³-hybridized carbons (Fsp3) is 0.357. The summed E-state index contributed by atoms with van der Waals surface area (Å²) in [5.41, 5.74) is 3.86.